The van der Waals surface area contributed by atoms with Gasteiger partial charge in [0, 0.05) is 0 Å². The Morgan fingerprint density at radius 3 is 1.23 bits per heavy atom. The SMILES string of the molecule is CCCCCCCc1ccc2c(S(=O)(=O)[O-])cccc2c1.CCCCCCCc1ccc2c(S(=O)(=O)[O-])cccc2c1.[Ca+2]. The zero-order valence-electron chi connectivity index (χ0n) is 25.4. The van der Waals surface area contributed by atoms with Crippen molar-refractivity contribution in [3.05, 3.63) is 83.9 Å². The number of hydrogen-bond acceptors (Lipinski definition) is 6. The molecule has 9 heteroatoms. The molecule has 0 bridgehead atoms. The molecule has 0 saturated carbocycles. The Hall–Kier alpha value is -1.52. The van der Waals surface area contributed by atoms with Gasteiger partial charge >= 0.3 is 37.7 Å². The Kier molecular flexibility index (Phi) is 16.2. The summed E-state index contributed by atoms with van der Waals surface area (Å²) in [5, 5.41) is 2.67. The molecule has 43 heavy (non-hydrogen) atoms. The number of aryl methyl sites for hydroxylation is 2. The van der Waals surface area contributed by atoms with Crippen molar-refractivity contribution in [1.29, 1.82) is 0 Å². The van der Waals surface area contributed by atoms with E-state index in [1.165, 1.54) is 74.6 Å². The van der Waals surface area contributed by atoms with Crippen LogP contribution in [0.25, 0.3) is 21.5 Å². The third kappa shape index (κ3) is 12.1. The smallest absolute Gasteiger partial charge is 0.744 e. The third-order valence-electron chi connectivity index (χ3n) is 7.49. The molecular formula is C34H42CaO6S2. The predicted molar refractivity (Wildman–Crippen MR) is 175 cm³/mol. The van der Waals surface area contributed by atoms with Crippen LogP contribution in [-0.2, 0) is 33.1 Å². The number of hydrogen-bond donors (Lipinski definition) is 0. The molecule has 0 fully saturated rings. The van der Waals surface area contributed by atoms with E-state index in [9.17, 15) is 25.9 Å². The molecule has 0 aliphatic heterocycles. The zero-order valence-corrected chi connectivity index (χ0v) is 29.2. The topological polar surface area (TPSA) is 114 Å². The van der Waals surface area contributed by atoms with Gasteiger partial charge in [0.05, 0.1) is 9.79 Å². The fourth-order valence-corrected chi connectivity index (χ4v) is 6.62. The first kappa shape index (κ1) is 37.7. The average Bonchev–Trinajstić information content (AvgIpc) is 2.95. The Labute approximate surface area is 287 Å². The summed E-state index contributed by atoms with van der Waals surface area (Å²) in [5.74, 6) is 0. The summed E-state index contributed by atoms with van der Waals surface area (Å²) in [4.78, 5) is -0.260. The molecule has 4 aromatic rings. The van der Waals surface area contributed by atoms with Gasteiger partial charge in [-0.2, -0.15) is 0 Å². The molecule has 4 aromatic carbocycles. The van der Waals surface area contributed by atoms with Gasteiger partial charge < -0.3 is 9.11 Å². The van der Waals surface area contributed by atoms with Crippen LogP contribution >= 0.6 is 0 Å². The maximum absolute atomic E-state index is 11.2. The second kappa shape index (κ2) is 18.4. The molecule has 0 atom stereocenters. The predicted octanol–water partition coefficient (Wildman–Crippen LogP) is 8.13. The summed E-state index contributed by atoms with van der Waals surface area (Å²) in [7, 11) is -8.84. The van der Waals surface area contributed by atoms with Crippen LogP contribution in [0, 0.1) is 0 Å². The Morgan fingerprint density at radius 1 is 0.512 bits per heavy atom. The molecule has 0 N–H and O–H groups in total. The summed E-state index contributed by atoms with van der Waals surface area (Å²) < 4.78 is 67.5. The average molecular weight is 651 g/mol. The molecule has 0 radical (unpaired) electrons. The minimum Gasteiger partial charge on any atom is -0.744 e. The summed E-state index contributed by atoms with van der Waals surface area (Å²) in [6.45, 7) is 4.40. The van der Waals surface area contributed by atoms with Gasteiger partial charge in [-0.3, -0.25) is 0 Å². The van der Waals surface area contributed by atoms with E-state index < -0.39 is 20.2 Å². The number of fused-ring (bicyclic) bond motifs is 2. The van der Waals surface area contributed by atoms with Crippen LogP contribution in [-0.4, -0.2) is 63.7 Å². The van der Waals surface area contributed by atoms with Gasteiger partial charge in [-0.25, -0.2) is 16.8 Å². The van der Waals surface area contributed by atoms with Crippen LogP contribution in [0.5, 0.6) is 0 Å². The van der Waals surface area contributed by atoms with Gasteiger partial charge in [0.25, 0.3) is 0 Å². The molecule has 0 aliphatic carbocycles. The molecule has 0 spiro atoms. The van der Waals surface area contributed by atoms with E-state index in [4.69, 9.17) is 0 Å². The van der Waals surface area contributed by atoms with E-state index >= 15 is 0 Å². The quantitative estimate of drug-likeness (QED) is 0.0773. The largest absolute Gasteiger partial charge is 2.00 e. The number of benzene rings is 4. The van der Waals surface area contributed by atoms with E-state index in [1.54, 1.807) is 24.3 Å². The van der Waals surface area contributed by atoms with Crippen molar-refractivity contribution >= 4 is 79.5 Å². The minimum absolute atomic E-state index is 0. The Morgan fingerprint density at radius 2 is 0.884 bits per heavy atom. The van der Waals surface area contributed by atoms with Gasteiger partial charge in [0.1, 0.15) is 20.2 Å². The second-order valence-corrected chi connectivity index (χ2v) is 13.6. The molecule has 0 amide bonds. The van der Waals surface area contributed by atoms with Crippen molar-refractivity contribution < 1.29 is 25.9 Å². The number of unbranched alkanes of at least 4 members (excludes halogenated alkanes) is 8. The Bertz CT molecular complexity index is 1540. The van der Waals surface area contributed by atoms with Crippen LogP contribution < -0.4 is 0 Å². The third-order valence-corrected chi connectivity index (χ3v) is 9.28. The molecule has 0 heterocycles. The molecule has 0 aromatic heterocycles. The summed E-state index contributed by atoms with van der Waals surface area (Å²) in [6, 6.07) is 21.0. The van der Waals surface area contributed by atoms with Crippen molar-refractivity contribution in [2.75, 3.05) is 0 Å². The molecule has 0 aliphatic rings. The van der Waals surface area contributed by atoms with Crippen molar-refractivity contribution in [3.63, 3.8) is 0 Å². The standard InChI is InChI=1S/2C17H22O3S.Ca/c2*1-2-3-4-5-6-8-14-11-12-16-15(13-14)9-7-10-17(16)21(18,19)20;/h2*7,9-13H,2-6,8H2,1H3,(H,18,19,20);/q;;+2/p-2. The second-order valence-electron chi connectivity index (χ2n) is 10.9. The van der Waals surface area contributed by atoms with Gasteiger partial charge in [0.2, 0.25) is 0 Å². The van der Waals surface area contributed by atoms with Crippen molar-refractivity contribution in [2.24, 2.45) is 0 Å². The summed E-state index contributed by atoms with van der Waals surface area (Å²) in [6.07, 6.45) is 14.3. The van der Waals surface area contributed by atoms with E-state index in [-0.39, 0.29) is 47.5 Å². The molecule has 0 unspecified atom stereocenters. The first-order valence-corrected chi connectivity index (χ1v) is 17.8. The summed E-state index contributed by atoms with van der Waals surface area (Å²) in [5.41, 5.74) is 2.39. The molecule has 0 saturated heterocycles. The van der Waals surface area contributed by atoms with Crippen LogP contribution in [0.3, 0.4) is 0 Å². The Balaban J connectivity index is 0.000000293. The van der Waals surface area contributed by atoms with E-state index in [0.29, 0.717) is 10.8 Å². The fourth-order valence-electron chi connectivity index (χ4n) is 5.22. The maximum atomic E-state index is 11.2. The van der Waals surface area contributed by atoms with Crippen molar-refractivity contribution in [2.45, 2.75) is 101 Å². The summed E-state index contributed by atoms with van der Waals surface area (Å²) >= 11 is 0. The van der Waals surface area contributed by atoms with Crippen molar-refractivity contribution in [1.82, 2.24) is 0 Å². The van der Waals surface area contributed by atoms with Crippen molar-refractivity contribution in [3.8, 4) is 0 Å². The maximum Gasteiger partial charge on any atom is 2.00 e. The van der Waals surface area contributed by atoms with Gasteiger partial charge in [0.15, 0.2) is 0 Å². The molecule has 228 valence electrons. The first-order chi connectivity index (χ1) is 20.0. The minimum atomic E-state index is -4.42. The molecule has 6 nitrogen and oxygen atoms in total. The molecule has 4 rings (SSSR count). The van der Waals surface area contributed by atoms with Crippen LogP contribution in [0.15, 0.2) is 82.6 Å². The van der Waals surface area contributed by atoms with Gasteiger partial charge in [-0.1, -0.05) is 126 Å². The number of rotatable bonds is 14. The van der Waals surface area contributed by atoms with Crippen LogP contribution in [0.4, 0.5) is 0 Å². The van der Waals surface area contributed by atoms with Crippen LogP contribution in [0.2, 0.25) is 0 Å². The van der Waals surface area contributed by atoms with E-state index in [1.807, 2.05) is 36.4 Å². The fraction of sp³-hybridized carbons (Fsp3) is 0.412. The van der Waals surface area contributed by atoms with Crippen LogP contribution in [0.1, 0.15) is 89.2 Å². The first-order valence-electron chi connectivity index (χ1n) is 15.0. The molecular weight excluding hydrogens is 609 g/mol. The monoisotopic (exact) mass is 650 g/mol. The van der Waals surface area contributed by atoms with Gasteiger partial charge in [-0.05, 0) is 70.5 Å². The normalized spacial score (nSPS) is 11.6. The zero-order chi connectivity index (χ0) is 30.6. The van der Waals surface area contributed by atoms with Gasteiger partial charge in [-0.15, -0.1) is 0 Å². The van der Waals surface area contributed by atoms with E-state index in [0.717, 1.165) is 36.5 Å². The van der Waals surface area contributed by atoms with E-state index in [2.05, 4.69) is 13.8 Å².